The number of nitrogens with zero attached hydrogens (tertiary/aromatic N) is 4. The fourth-order valence-electron chi connectivity index (χ4n) is 1.92. The lowest BCUT2D eigenvalue weighted by Crippen LogP contribution is -2.13. The van der Waals surface area contributed by atoms with Crippen molar-refractivity contribution < 1.29 is 0 Å². The molecule has 1 atom stereocenters. The van der Waals surface area contributed by atoms with Crippen molar-refractivity contribution >= 4 is 21.6 Å². The van der Waals surface area contributed by atoms with Crippen LogP contribution in [0.2, 0.25) is 0 Å². The Morgan fingerprint density at radius 3 is 3.20 bits per heavy atom. The fourth-order valence-corrected chi connectivity index (χ4v) is 2.65. The molecule has 8 heteroatoms. The maximum absolute atomic E-state index is 11.9. The monoisotopic (exact) mass is 290 g/mol. The molecule has 0 saturated carbocycles. The summed E-state index contributed by atoms with van der Waals surface area (Å²) in [6, 6.07) is 1.72. The first-order chi connectivity index (χ1) is 9.67. The molecule has 0 aromatic carbocycles. The SMILES string of the molecule is CCC(N)c1cn(Cc2nc3ccsc3c(=O)[nH]2)nn1. The molecule has 0 aliphatic rings. The molecule has 3 aromatic rings. The minimum absolute atomic E-state index is 0.116. The number of aromatic amines is 1. The molecule has 0 spiro atoms. The van der Waals surface area contributed by atoms with Crippen LogP contribution in [0.3, 0.4) is 0 Å². The van der Waals surface area contributed by atoms with Crippen molar-refractivity contribution in [3.05, 3.63) is 39.5 Å². The van der Waals surface area contributed by atoms with Gasteiger partial charge in [-0.3, -0.25) is 4.79 Å². The van der Waals surface area contributed by atoms with Crippen LogP contribution in [0, 0.1) is 0 Å². The van der Waals surface area contributed by atoms with E-state index in [0.717, 1.165) is 12.1 Å². The van der Waals surface area contributed by atoms with Crippen LogP contribution in [-0.2, 0) is 6.54 Å². The summed E-state index contributed by atoms with van der Waals surface area (Å²) in [5.74, 6) is 0.558. The first-order valence-electron chi connectivity index (χ1n) is 6.29. The van der Waals surface area contributed by atoms with Gasteiger partial charge in [-0.1, -0.05) is 12.1 Å². The topological polar surface area (TPSA) is 102 Å². The maximum atomic E-state index is 11.9. The number of thiophene rings is 1. The highest BCUT2D eigenvalue weighted by molar-refractivity contribution is 7.17. The van der Waals surface area contributed by atoms with E-state index < -0.39 is 0 Å². The molecular formula is C12H14N6OS. The Bertz CT molecular complexity index is 788. The van der Waals surface area contributed by atoms with Crippen molar-refractivity contribution in [1.82, 2.24) is 25.0 Å². The summed E-state index contributed by atoms with van der Waals surface area (Å²) >= 11 is 1.38. The van der Waals surface area contributed by atoms with Gasteiger partial charge in [0.25, 0.3) is 5.56 Å². The summed E-state index contributed by atoms with van der Waals surface area (Å²) in [5, 5.41) is 9.88. The number of hydrogen-bond acceptors (Lipinski definition) is 6. The Hall–Kier alpha value is -2.06. The number of hydrogen-bond donors (Lipinski definition) is 2. The van der Waals surface area contributed by atoms with Gasteiger partial charge in [0.15, 0.2) is 0 Å². The van der Waals surface area contributed by atoms with Gasteiger partial charge < -0.3 is 10.7 Å². The van der Waals surface area contributed by atoms with Crippen molar-refractivity contribution in [3.63, 3.8) is 0 Å². The van der Waals surface area contributed by atoms with E-state index >= 15 is 0 Å². The molecule has 3 aromatic heterocycles. The zero-order chi connectivity index (χ0) is 14.1. The van der Waals surface area contributed by atoms with E-state index in [1.165, 1.54) is 11.3 Å². The van der Waals surface area contributed by atoms with Gasteiger partial charge >= 0.3 is 0 Å². The number of H-pyrrole nitrogens is 1. The summed E-state index contributed by atoms with van der Waals surface area (Å²) in [6.07, 6.45) is 2.58. The molecular weight excluding hydrogens is 276 g/mol. The standard InChI is InChI=1S/C12H14N6OS/c1-2-7(13)9-5-18(17-16-9)6-10-14-8-3-4-20-11(8)12(19)15-10/h3-5,7H,2,6,13H2,1H3,(H,14,15,19). The number of aromatic nitrogens is 5. The number of nitrogens with two attached hydrogens (primary N) is 1. The predicted octanol–water partition coefficient (Wildman–Crippen LogP) is 1.03. The third-order valence-corrected chi connectivity index (χ3v) is 3.95. The summed E-state index contributed by atoms with van der Waals surface area (Å²) in [7, 11) is 0. The van der Waals surface area contributed by atoms with E-state index in [1.54, 1.807) is 10.9 Å². The molecule has 0 amide bonds. The third kappa shape index (κ3) is 2.35. The van der Waals surface area contributed by atoms with Gasteiger partial charge in [-0.15, -0.1) is 16.4 Å². The van der Waals surface area contributed by atoms with Crippen LogP contribution in [0.5, 0.6) is 0 Å². The predicted molar refractivity (Wildman–Crippen MR) is 76.6 cm³/mol. The van der Waals surface area contributed by atoms with Gasteiger partial charge in [0.1, 0.15) is 17.1 Å². The average molecular weight is 290 g/mol. The van der Waals surface area contributed by atoms with Crippen LogP contribution in [0.25, 0.3) is 10.2 Å². The van der Waals surface area contributed by atoms with Crippen LogP contribution in [0.4, 0.5) is 0 Å². The molecule has 7 nitrogen and oxygen atoms in total. The van der Waals surface area contributed by atoms with E-state index in [1.807, 2.05) is 18.4 Å². The van der Waals surface area contributed by atoms with Gasteiger partial charge in [-0.2, -0.15) is 0 Å². The molecule has 0 fully saturated rings. The minimum Gasteiger partial charge on any atom is -0.323 e. The lowest BCUT2D eigenvalue weighted by molar-refractivity contribution is 0.623. The quantitative estimate of drug-likeness (QED) is 0.747. The highest BCUT2D eigenvalue weighted by atomic mass is 32.1. The average Bonchev–Trinajstić information content (AvgIpc) is 3.07. The second-order valence-corrected chi connectivity index (χ2v) is 5.42. The first-order valence-corrected chi connectivity index (χ1v) is 7.17. The zero-order valence-corrected chi connectivity index (χ0v) is 11.7. The van der Waals surface area contributed by atoms with E-state index in [0.29, 0.717) is 22.6 Å². The van der Waals surface area contributed by atoms with E-state index in [-0.39, 0.29) is 11.6 Å². The van der Waals surface area contributed by atoms with Crippen molar-refractivity contribution in [2.24, 2.45) is 5.73 Å². The van der Waals surface area contributed by atoms with Gasteiger partial charge in [-0.25, -0.2) is 9.67 Å². The number of fused-ring (bicyclic) bond motifs is 1. The molecule has 0 aliphatic carbocycles. The summed E-state index contributed by atoms with van der Waals surface area (Å²) in [6.45, 7) is 2.36. The van der Waals surface area contributed by atoms with E-state index in [2.05, 4.69) is 20.3 Å². The highest BCUT2D eigenvalue weighted by Crippen LogP contribution is 2.14. The molecule has 1 unspecified atom stereocenters. The van der Waals surface area contributed by atoms with Crippen molar-refractivity contribution in [1.29, 1.82) is 0 Å². The van der Waals surface area contributed by atoms with Crippen molar-refractivity contribution in [2.45, 2.75) is 25.9 Å². The Balaban J connectivity index is 1.89. The third-order valence-electron chi connectivity index (χ3n) is 3.05. The Morgan fingerprint density at radius 1 is 1.55 bits per heavy atom. The smallest absolute Gasteiger partial charge is 0.268 e. The van der Waals surface area contributed by atoms with Crippen LogP contribution in [0.1, 0.15) is 30.9 Å². The lowest BCUT2D eigenvalue weighted by Gasteiger charge is -2.02. The summed E-state index contributed by atoms with van der Waals surface area (Å²) < 4.78 is 2.27. The molecule has 3 heterocycles. The Morgan fingerprint density at radius 2 is 2.40 bits per heavy atom. The lowest BCUT2D eigenvalue weighted by atomic mass is 10.2. The van der Waals surface area contributed by atoms with Gasteiger partial charge in [-0.05, 0) is 17.9 Å². The summed E-state index contributed by atoms with van der Waals surface area (Å²) in [4.78, 5) is 19.0. The second-order valence-electron chi connectivity index (χ2n) is 4.50. The normalized spacial score (nSPS) is 12.9. The molecule has 20 heavy (non-hydrogen) atoms. The van der Waals surface area contributed by atoms with Crippen LogP contribution < -0.4 is 11.3 Å². The maximum Gasteiger partial charge on any atom is 0.268 e. The van der Waals surface area contributed by atoms with Gasteiger partial charge in [0.2, 0.25) is 0 Å². The van der Waals surface area contributed by atoms with Crippen LogP contribution in [0.15, 0.2) is 22.4 Å². The van der Waals surface area contributed by atoms with Gasteiger partial charge in [0, 0.05) is 0 Å². The number of nitrogens with one attached hydrogen (secondary N) is 1. The summed E-state index contributed by atoms with van der Waals surface area (Å²) in [5.41, 5.74) is 7.23. The highest BCUT2D eigenvalue weighted by Gasteiger charge is 2.10. The van der Waals surface area contributed by atoms with E-state index in [9.17, 15) is 4.79 Å². The number of rotatable bonds is 4. The molecule has 3 rings (SSSR count). The van der Waals surface area contributed by atoms with E-state index in [4.69, 9.17) is 5.73 Å². The largest absolute Gasteiger partial charge is 0.323 e. The second kappa shape index (κ2) is 5.14. The van der Waals surface area contributed by atoms with Crippen molar-refractivity contribution in [3.8, 4) is 0 Å². The fraction of sp³-hybridized carbons (Fsp3) is 0.333. The minimum atomic E-state index is -0.120. The molecule has 0 radical (unpaired) electrons. The molecule has 3 N–H and O–H groups in total. The first kappa shape index (κ1) is 12.9. The van der Waals surface area contributed by atoms with Gasteiger partial charge in [0.05, 0.1) is 23.4 Å². The molecule has 0 aliphatic heterocycles. The van der Waals surface area contributed by atoms with Crippen LogP contribution >= 0.6 is 11.3 Å². The molecule has 0 bridgehead atoms. The Kier molecular flexibility index (Phi) is 3.33. The van der Waals surface area contributed by atoms with Crippen molar-refractivity contribution in [2.75, 3.05) is 0 Å². The Labute approximate surface area is 118 Å². The molecule has 0 saturated heterocycles. The molecule has 104 valence electrons. The zero-order valence-electron chi connectivity index (χ0n) is 10.9. The van der Waals surface area contributed by atoms with Crippen LogP contribution in [-0.4, -0.2) is 25.0 Å².